The summed E-state index contributed by atoms with van der Waals surface area (Å²) in [5, 5.41) is 3.51. The van der Waals surface area contributed by atoms with Gasteiger partial charge in [0, 0.05) is 6.54 Å². The van der Waals surface area contributed by atoms with Crippen LogP contribution < -0.4 is 15.8 Å². The maximum atomic E-state index is 5.89. The molecular weight excluding hydrogens is 188 g/mol. The van der Waals surface area contributed by atoms with Crippen molar-refractivity contribution in [3.05, 3.63) is 29.8 Å². The van der Waals surface area contributed by atoms with Crippen molar-refractivity contribution >= 4 is 0 Å². The van der Waals surface area contributed by atoms with E-state index >= 15 is 0 Å². The highest BCUT2D eigenvalue weighted by Gasteiger charge is 2.33. The van der Waals surface area contributed by atoms with Gasteiger partial charge < -0.3 is 15.8 Å². The summed E-state index contributed by atoms with van der Waals surface area (Å²) >= 11 is 0. The molecule has 1 atom stereocenters. The quantitative estimate of drug-likeness (QED) is 0.782. The Hall–Kier alpha value is -1.06. The highest BCUT2D eigenvalue weighted by molar-refractivity contribution is 5.34. The lowest BCUT2D eigenvalue weighted by atomic mass is 9.88. The first-order valence-corrected chi connectivity index (χ1v) is 5.40. The van der Waals surface area contributed by atoms with Crippen LogP contribution in [-0.2, 0) is 5.54 Å². The maximum absolute atomic E-state index is 5.89. The van der Waals surface area contributed by atoms with Crippen molar-refractivity contribution in [3.63, 3.8) is 0 Å². The van der Waals surface area contributed by atoms with Gasteiger partial charge in [0.2, 0.25) is 0 Å². The molecule has 1 aromatic carbocycles. The first-order chi connectivity index (χ1) is 7.30. The number of hydrogen-bond acceptors (Lipinski definition) is 3. The van der Waals surface area contributed by atoms with Gasteiger partial charge in [0.15, 0.2) is 0 Å². The molecule has 1 aliphatic heterocycles. The molecule has 0 aromatic heterocycles. The summed E-state index contributed by atoms with van der Waals surface area (Å²) in [6, 6.07) is 8.17. The van der Waals surface area contributed by atoms with Crippen LogP contribution in [0.5, 0.6) is 5.75 Å². The van der Waals surface area contributed by atoms with Gasteiger partial charge in [0.1, 0.15) is 5.75 Å². The second-order valence-corrected chi connectivity index (χ2v) is 4.05. The van der Waals surface area contributed by atoms with Crippen LogP contribution in [-0.4, -0.2) is 20.2 Å². The van der Waals surface area contributed by atoms with E-state index in [1.165, 1.54) is 12.0 Å². The number of ether oxygens (including phenoxy) is 1. The summed E-state index contributed by atoms with van der Waals surface area (Å²) in [4.78, 5) is 0. The number of rotatable bonds is 3. The monoisotopic (exact) mass is 206 g/mol. The van der Waals surface area contributed by atoms with E-state index in [1.807, 2.05) is 12.1 Å². The number of methoxy groups -OCH3 is 1. The lowest BCUT2D eigenvalue weighted by Crippen LogP contribution is -2.43. The predicted octanol–water partition coefficient (Wildman–Crippen LogP) is 1.23. The van der Waals surface area contributed by atoms with Crippen LogP contribution in [0.1, 0.15) is 18.4 Å². The van der Waals surface area contributed by atoms with E-state index in [4.69, 9.17) is 10.5 Å². The highest BCUT2D eigenvalue weighted by Crippen LogP contribution is 2.31. The Balaban J connectivity index is 2.33. The molecule has 82 valence electrons. The van der Waals surface area contributed by atoms with Crippen molar-refractivity contribution in [3.8, 4) is 5.75 Å². The van der Waals surface area contributed by atoms with Crippen molar-refractivity contribution in [2.75, 3.05) is 20.2 Å². The van der Waals surface area contributed by atoms with E-state index in [9.17, 15) is 0 Å². The predicted molar refractivity (Wildman–Crippen MR) is 61.0 cm³/mol. The molecule has 0 radical (unpaired) electrons. The normalized spacial score (nSPS) is 25.5. The van der Waals surface area contributed by atoms with Crippen LogP contribution in [0.25, 0.3) is 0 Å². The van der Waals surface area contributed by atoms with E-state index in [1.54, 1.807) is 7.11 Å². The summed E-state index contributed by atoms with van der Waals surface area (Å²) in [5.41, 5.74) is 7.09. The molecule has 15 heavy (non-hydrogen) atoms. The van der Waals surface area contributed by atoms with E-state index in [0.717, 1.165) is 18.7 Å². The topological polar surface area (TPSA) is 47.3 Å². The molecule has 0 aliphatic carbocycles. The third-order valence-corrected chi connectivity index (χ3v) is 3.21. The minimum absolute atomic E-state index is 0.0332. The molecule has 1 heterocycles. The first kappa shape index (κ1) is 10.5. The standard InChI is InChI=1S/C12H18N2O/c1-15-11-5-2-4-10(8-11)12(9-13)6-3-7-14-12/h2,4-5,8,14H,3,6-7,9,13H2,1H3. The molecular formula is C12H18N2O. The minimum Gasteiger partial charge on any atom is -0.497 e. The number of hydrogen-bond donors (Lipinski definition) is 2. The Labute approximate surface area is 90.6 Å². The molecule has 1 fully saturated rings. The number of nitrogens with two attached hydrogens (primary N) is 1. The molecule has 1 unspecified atom stereocenters. The number of benzene rings is 1. The molecule has 3 N–H and O–H groups in total. The van der Waals surface area contributed by atoms with Gasteiger partial charge in [-0.15, -0.1) is 0 Å². The second-order valence-electron chi connectivity index (χ2n) is 4.05. The van der Waals surface area contributed by atoms with Gasteiger partial charge in [-0.05, 0) is 37.1 Å². The molecule has 0 spiro atoms. The third kappa shape index (κ3) is 1.85. The van der Waals surface area contributed by atoms with Crippen molar-refractivity contribution < 1.29 is 4.74 Å². The van der Waals surface area contributed by atoms with Gasteiger partial charge in [-0.1, -0.05) is 12.1 Å². The largest absolute Gasteiger partial charge is 0.497 e. The summed E-state index contributed by atoms with van der Waals surface area (Å²) < 4.78 is 5.24. The summed E-state index contributed by atoms with van der Waals surface area (Å²) in [5.74, 6) is 0.897. The van der Waals surface area contributed by atoms with E-state index in [0.29, 0.717) is 6.54 Å². The molecule has 2 rings (SSSR count). The average molecular weight is 206 g/mol. The lowest BCUT2D eigenvalue weighted by Gasteiger charge is -2.28. The van der Waals surface area contributed by atoms with E-state index in [-0.39, 0.29) is 5.54 Å². The van der Waals surface area contributed by atoms with Gasteiger partial charge in [0.05, 0.1) is 12.6 Å². The Kier molecular flexibility index (Phi) is 2.93. The van der Waals surface area contributed by atoms with Gasteiger partial charge in [-0.25, -0.2) is 0 Å². The van der Waals surface area contributed by atoms with Gasteiger partial charge in [0.25, 0.3) is 0 Å². The van der Waals surface area contributed by atoms with E-state index < -0.39 is 0 Å². The summed E-state index contributed by atoms with van der Waals surface area (Å²) in [7, 11) is 1.69. The zero-order valence-electron chi connectivity index (χ0n) is 9.12. The van der Waals surface area contributed by atoms with Crippen molar-refractivity contribution in [2.45, 2.75) is 18.4 Å². The molecule has 3 nitrogen and oxygen atoms in total. The summed E-state index contributed by atoms with van der Waals surface area (Å²) in [6.07, 6.45) is 2.30. The Morgan fingerprint density at radius 1 is 1.53 bits per heavy atom. The highest BCUT2D eigenvalue weighted by atomic mass is 16.5. The molecule has 0 bridgehead atoms. The average Bonchev–Trinajstić information content (AvgIpc) is 2.79. The fraction of sp³-hybridized carbons (Fsp3) is 0.500. The third-order valence-electron chi connectivity index (χ3n) is 3.21. The molecule has 0 saturated carbocycles. The lowest BCUT2D eigenvalue weighted by molar-refractivity contribution is 0.390. The van der Waals surface area contributed by atoms with E-state index in [2.05, 4.69) is 17.4 Å². The van der Waals surface area contributed by atoms with Gasteiger partial charge in [-0.2, -0.15) is 0 Å². The smallest absolute Gasteiger partial charge is 0.119 e. The van der Waals surface area contributed by atoms with Crippen LogP contribution in [0.2, 0.25) is 0 Å². The first-order valence-electron chi connectivity index (χ1n) is 5.40. The number of nitrogens with one attached hydrogen (secondary N) is 1. The molecule has 0 amide bonds. The van der Waals surface area contributed by atoms with Crippen molar-refractivity contribution in [1.82, 2.24) is 5.32 Å². The minimum atomic E-state index is -0.0332. The van der Waals surface area contributed by atoms with Crippen LogP contribution in [0.15, 0.2) is 24.3 Å². The zero-order chi connectivity index (χ0) is 10.7. The summed E-state index contributed by atoms with van der Waals surface area (Å²) in [6.45, 7) is 1.69. The second kappa shape index (κ2) is 4.21. The fourth-order valence-electron chi connectivity index (χ4n) is 2.27. The molecule has 1 aliphatic rings. The van der Waals surface area contributed by atoms with Crippen LogP contribution in [0.4, 0.5) is 0 Å². The SMILES string of the molecule is COc1cccc(C2(CN)CCCN2)c1. The fourth-order valence-corrected chi connectivity index (χ4v) is 2.27. The Morgan fingerprint density at radius 3 is 3.00 bits per heavy atom. The van der Waals surface area contributed by atoms with Crippen LogP contribution >= 0.6 is 0 Å². The molecule has 1 aromatic rings. The van der Waals surface area contributed by atoms with Gasteiger partial charge >= 0.3 is 0 Å². The Bertz CT molecular complexity index is 332. The van der Waals surface area contributed by atoms with Crippen LogP contribution in [0.3, 0.4) is 0 Å². The zero-order valence-corrected chi connectivity index (χ0v) is 9.12. The van der Waals surface area contributed by atoms with Crippen molar-refractivity contribution in [2.24, 2.45) is 5.73 Å². The van der Waals surface area contributed by atoms with Crippen molar-refractivity contribution in [1.29, 1.82) is 0 Å². The molecule has 1 saturated heterocycles. The van der Waals surface area contributed by atoms with Crippen LogP contribution in [0, 0.1) is 0 Å². The maximum Gasteiger partial charge on any atom is 0.119 e. The Morgan fingerprint density at radius 2 is 2.40 bits per heavy atom. The molecule has 3 heteroatoms. The van der Waals surface area contributed by atoms with Gasteiger partial charge in [-0.3, -0.25) is 0 Å².